The first-order valence-corrected chi connectivity index (χ1v) is 8.83. The highest BCUT2D eigenvalue weighted by Crippen LogP contribution is 2.30. The molecule has 0 atom stereocenters. The number of hydrogen-bond donors (Lipinski definition) is 0. The first-order valence-electron chi connectivity index (χ1n) is 6.98. The van der Waals surface area contributed by atoms with E-state index in [1.807, 2.05) is 0 Å². The number of hydrogen-bond acceptors (Lipinski definition) is 5. The lowest BCUT2D eigenvalue weighted by Crippen LogP contribution is -2.37. The van der Waals surface area contributed by atoms with Gasteiger partial charge in [0.25, 0.3) is 5.89 Å². The first kappa shape index (κ1) is 15.1. The summed E-state index contributed by atoms with van der Waals surface area (Å²) in [6.07, 6.45) is 2.44. The minimum absolute atomic E-state index is 0.00558. The van der Waals surface area contributed by atoms with Crippen LogP contribution in [-0.4, -0.2) is 42.3 Å². The zero-order valence-electron chi connectivity index (χ0n) is 12.1. The van der Waals surface area contributed by atoms with Crippen molar-refractivity contribution in [1.29, 1.82) is 0 Å². The Kier molecular flexibility index (Phi) is 3.96. The molecular formula is C14H16FN3O3S. The van der Waals surface area contributed by atoms with Gasteiger partial charge in [-0.25, -0.2) is 17.1 Å². The molecule has 0 amide bonds. The third-order valence-corrected chi connectivity index (χ3v) is 5.12. The molecule has 1 saturated heterocycles. The molecule has 1 fully saturated rings. The molecule has 0 radical (unpaired) electrons. The standard InChI is InChI=1S/C14H16FN3O3S/c1-22(19,20)18-8-6-10(7-9-18)13-16-17-14(21-13)11-4-2-3-5-12(11)15/h2-5,10H,6-9H2,1H3. The van der Waals surface area contributed by atoms with E-state index in [2.05, 4.69) is 10.2 Å². The van der Waals surface area contributed by atoms with Gasteiger partial charge in [0.2, 0.25) is 15.9 Å². The second kappa shape index (κ2) is 5.77. The smallest absolute Gasteiger partial charge is 0.250 e. The van der Waals surface area contributed by atoms with Crippen LogP contribution in [0.15, 0.2) is 28.7 Å². The van der Waals surface area contributed by atoms with E-state index in [1.165, 1.54) is 16.6 Å². The molecule has 0 aliphatic carbocycles. The van der Waals surface area contributed by atoms with Crippen LogP contribution < -0.4 is 0 Å². The molecule has 1 aromatic heterocycles. The summed E-state index contributed by atoms with van der Waals surface area (Å²) >= 11 is 0. The first-order chi connectivity index (χ1) is 10.4. The van der Waals surface area contributed by atoms with Gasteiger partial charge < -0.3 is 4.42 Å². The van der Waals surface area contributed by atoms with E-state index in [0.29, 0.717) is 31.8 Å². The average molecular weight is 325 g/mol. The number of benzene rings is 1. The third kappa shape index (κ3) is 3.02. The van der Waals surface area contributed by atoms with E-state index in [4.69, 9.17) is 4.42 Å². The molecule has 0 spiro atoms. The summed E-state index contributed by atoms with van der Waals surface area (Å²) in [6, 6.07) is 6.21. The Morgan fingerprint density at radius 2 is 1.91 bits per heavy atom. The predicted molar refractivity (Wildman–Crippen MR) is 78.1 cm³/mol. The SMILES string of the molecule is CS(=O)(=O)N1CCC(c2nnc(-c3ccccc3F)o2)CC1. The van der Waals surface area contributed by atoms with Gasteiger partial charge in [0.1, 0.15) is 5.82 Å². The zero-order valence-corrected chi connectivity index (χ0v) is 12.9. The fraction of sp³-hybridized carbons (Fsp3) is 0.429. The highest BCUT2D eigenvalue weighted by atomic mass is 32.2. The average Bonchev–Trinajstić information content (AvgIpc) is 2.96. The molecule has 0 unspecified atom stereocenters. The Hall–Kier alpha value is -1.80. The molecule has 0 N–H and O–H groups in total. The minimum atomic E-state index is -3.16. The molecule has 1 aliphatic rings. The quantitative estimate of drug-likeness (QED) is 0.863. The van der Waals surface area contributed by atoms with Gasteiger partial charge >= 0.3 is 0 Å². The molecule has 2 heterocycles. The van der Waals surface area contributed by atoms with E-state index in [0.717, 1.165) is 0 Å². The van der Waals surface area contributed by atoms with Crippen molar-refractivity contribution in [3.63, 3.8) is 0 Å². The van der Waals surface area contributed by atoms with Gasteiger partial charge in [-0.2, -0.15) is 0 Å². The van der Waals surface area contributed by atoms with Crippen LogP contribution in [0.2, 0.25) is 0 Å². The summed E-state index contributed by atoms with van der Waals surface area (Å²) in [7, 11) is -3.16. The summed E-state index contributed by atoms with van der Waals surface area (Å²) < 4.78 is 43.7. The largest absolute Gasteiger partial charge is 0.420 e. The number of piperidine rings is 1. The summed E-state index contributed by atoms with van der Waals surface area (Å²) in [5.74, 6) is 0.181. The van der Waals surface area contributed by atoms with E-state index < -0.39 is 15.8 Å². The molecule has 22 heavy (non-hydrogen) atoms. The molecule has 1 aromatic carbocycles. The van der Waals surface area contributed by atoms with Gasteiger partial charge in [0.15, 0.2) is 0 Å². The predicted octanol–water partition coefficient (Wildman–Crippen LogP) is 2.01. The summed E-state index contributed by atoms with van der Waals surface area (Å²) in [5, 5.41) is 7.89. The van der Waals surface area contributed by atoms with Crippen LogP contribution in [0.3, 0.4) is 0 Å². The van der Waals surface area contributed by atoms with Crippen molar-refractivity contribution < 1.29 is 17.2 Å². The van der Waals surface area contributed by atoms with Crippen molar-refractivity contribution in [3.05, 3.63) is 36.0 Å². The highest BCUT2D eigenvalue weighted by molar-refractivity contribution is 7.88. The van der Waals surface area contributed by atoms with Gasteiger partial charge in [0.05, 0.1) is 11.8 Å². The maximum absolute atomic E-state index is 13.7. The summed E-state index contributed by atoms with van der Waals surface area (Å²) in [5.41, 5.74) is 0.273. The summed E-state index contributed by atoms with van der Waals surface area (Å²) in [6.45, 7) is 0.863. The Morgan fingerprint density at radius 3 is 2.55 bits per heavy atom. The number of sulfonamides is 1. The zero-order chi connectivity index (χ0) is 15.7. The topological polar surface area (TPSA) is 76.3 Å². The van der Waals surface area contributed by atoms with Crippen LogP contribution >= 0.6 is 0 Å². The van der Waals surface area contributed by atoms with Crippen LogP contribution in [0.5, 0.6) is 0 Å². The van der Waals surface area contributed by atoms with Gasteiger partial charge in [-0.1, -0.05) is 12.1 Å². The molecule has 3 rings (SSSR count). The fourth-order valence-electron chi connectivity index (χ4n) is 2.58. The lowest BCUT2D eigenvalue weighted by Gasteiger charge is -2.28. The van der Waals surface area contributed by atoms with Gasteiger partial charge in [0, 0.05) is 19.0 Å². The molecular weight excluding hydrogens is 309 g/mol. The summed E-state index contributed by atoms with van der Waals surface area (Å²) in [4.78, 5) is 0. The van der Waals surface area contributed by atoms with E-state index in [9.17, 15) is 12.8 Å². The molecule has 118 valence electrons. The van der Waals surface area contributed by atoms with Crippen molar-refractivity contribution in [2.45, 2.75) is 18.8 Å². The molecule has 0 bridgehead atoms. The Labute approximate surface area is 128 Å². The second-order valence-electron chi connectivity index (χ2n) is 5.36. The minimum Gasteiger partial charge on any atom is -0.420 e. The highest BCUT2D eigenvalue weighted by Gasteiger charge is 2.29. The third-order valence-electron chi connectivity index (χ3n) is 3.82. The van der Waals surface area contributed by atoms with Crippen molar-refractivity contribution in [1.82, 2.24) is 14.5 Å². The normalized spacial score (nSPS) is 17.7. The lowest BCUT2D eigenvalue weighted by molar-refractivity contribution is 0.292. The Morgan fingerprint density at radius 1 is 1.23 bits per heavy atom. The number of halogens is 1. The van der Waals surface area contributed by atoms with E-state index in [-0.39, 0.29) is 17.4 Å². The molecule has 1 aliphatic heterocycles. The van der Waals surface area contributed by atoms with Crippen LogP contribution in [-0.2, 0) is 10.0 Å². The Bertz CT molecular complexity index is 767. The van der Waals surface area contributed by atoms with Crippen LogP contribution in [0.4, 0.5) is 4.39 Å². The maximum Gasteiger partial charge on any atom is 0.250 e. The van der Waals surface area contributed by atoms with Gasteiger partial charge in [-0.15, -0.1) is 10.2 Å². The number of rotatable bonds is 3. The molecule has 8 heteroatoms. The second-order valence-corrected chi connectivity index (χ2v) is 7.34. The monoisotopic (exact) mass is 325 g/mol. The fourth-order valence-corrected chi connectivity index (χ4v) is 3.45. The van der Waals surface area contributed by atoms with Gasteiger partial charge in [-0.05, 0) is 25.0 Å². The molecule has 0 saturated carbocycles. The van der Waals surface area contributed by atoms with Crippen molar-refractivity contribution in [2.75, 3.05) is 19.3 Å². The number of nitrogens with zero attached hydrogens (tertiary/aromatic N) is 3. The van der Waals surface area contributed by atoms with Crippen molar-refractivity contribution >= 4 is 10.0 Å². The Balaban J connectivity index is 1.75. The lowest BCUT2D eigenvalue weighted by atomic mass is 9.98. The van der Waals surface area contributed by atoms with Crippen molar-refractivity contribution in [3.8, 4) is 11.5 Å². The van der Waals surface area contributed by atoms with Gasteiger partial charge in [-0.3, -0.25) is 0 Å². The van der Waals surface area contributed by atoms with Crippen LogP contribution in [0.1, 0.15) is 24.7 Å². The maximum atomic E-state index is 13.7. The van der Waals surface area contributed by atoms with Crippen LogP contribution in [0, 0.1) is 5.82 Å². The molecule has 2 aromatic rings. The van der Waals surface area contributed by atoms with E-state index >= 15 is 0 Å². The van der Waals surface area contributed by atoms with Crippen molar-refractivity contribution in [2.24, 2.45) is 0 Å². The van der Waals surface area contributed by atoms with E-state index in [1.54, 1.807) is 18.2 Å². The van der Waals surface area contributed by atoms with Crippen LogP contribution in [0.25, 0.3) is 11.5 Å². The number of aromatic nitrogens is 2. The molecule has 6 nitrogen and oxygen atoms in total.